The Kier molecular flexibility index (Phi) is 60.3. The van der Waals surface area contributed by atoms with Gasteiger partial charge in [0.2, 0.25) is 0 Å². The van der Waals surface area contributed by atoms with Gasteiger partial charge in [0.1, 0.15) is 6.61 Å². The maximum Gasteiger partial charge on any atom is 0.306 e. The van der Waals surface area contributed by atoms with Crippen molar-refractivity contribution in [2.24, 2.45) is 0 Å². The van der Waals surface area contributed by atoms with E-state index in [0.29, 0.717) is 12.8 Å². The summed E-state index contributed by atoms with van der Waals surface area (Å²) in [7, 11) is 0. The van der Waals surface area contributed by atoms with Crippen LogP contribution in [0.1, 0.15) is 361 Å². The standard InChI is InChI=1S/C65H124O5/c1-3-5-7-9-11-13-15-17-19-21-23-25-26-27-28-29-30-31-32-33-34-35-36-37-38-40-42-44-46-48-50-52-54-56-58-60-65(68)70-63(61-66)62-69-64(67)59-57-55-53-51-49-47-45-43-41-39-24-22-20-18-16-14-12-10-8-6-4-2/h15,17,21,23,63,66H,3-14,16,18-20,22,24-62H2,1-2H3/b17-15-,23-21-. The molecule has 414 valence electrons. The number of esters is 2. The maximum absolute atomic E-state index is 12.3. The predicted molar refractivity (Wildman–Crippen MR) is 307 cm³/mol. The molecule has 0 saturated carbocycles. The van der Waals surface area contributed by atoms with Gasteiger partial charge >= 0.3 is 11.9 Å². The van der Waals surface area contributed by atoms with Crippen LogP contribution in [0.15, 0.2) is 24.3 Å². The Labute approximate surface area is 438 Å². The van der Waals surface area contributed by atoms with Gasteiger partial charge in [0, 0.05) is 12.8 Å². The van der Waals surface area contributed by atoms with E-state index in [2.05, 4.69) is 38.2 Å². The van der Waals surface area contributed by atoms with Crippen molar-refractivity contribution < 1.29 is 24.2 Å². The Balaban J connectivity index is 3.38. The minimum atomic E-state index is -0.767. The number of carbonyl (C=O) groups excluding carboxylic acids is 2. The number of aliphatic hydroxyl groups excluding tert-OH is 1. The van der Waals surface area contributed by atoms with Crippen LogP contribution in [0.4, 0.5) is 0 Å². The molecule has 0 amide bonds. The zero-order valence-electron chi connectivity index (χ0n) is 47.6. The minimum Gasteiger partial charge on any atom is -0.462 e. The molecule has 0 aromatic rings. The smallest absolute Gasteiger partial charge is 0.306 e. The van der Waals surface area contributed by atoms with Crippen molar-refractivity contribution in [3.05, 3.63) is 24.3 Å². The van der Waals surface area contributed by atoms with Gasteiger partial charge in [-0.2, -0.15) is 0 Å². The highest BCUT2D eigenvalue weighted by Crippen LogP contribution is 2.18. The second kappa shape index (κ2) is 61.7. The van der Waals surface area contributed by atoms with Crippen LogP contribution in [-0.2, 0) is 19.1 Å². The summed E-state index contributed by atoms with van der Waals surface area (Å²) in [4.78, 5) is 24.6. The van der Waals surface area contributed by atoms with Crippen LogP contribution in [-0.4, -0.2) is 36.4 Å². The lowest BCUT2D eigenvalue weighted by molar-refractivity contribution is -0.161. The molecule has 0 aliphatic rings. The molecule has 5 nitrogen and oxygen atoms in total. The SMILES string of the molecule is CCCCCCC/C=C\C/C=C\CCCCCCCCCCCCCCCCCCCCCCCCCC(=O)OC(CO)COC(=O)CCCCCCCCCCCCCCCCCCCCCCC. The molecule has 0 aliphatic heterocycles. The van der Waals surface area contributed by atoms with Gasteiger partial charge in [-0.25, -0.2) is 0 Å². The lowest BCUT2D eigenvalue weighted by Crippen LogP contribution is -2.28. The van der Waals surface area contributed by atoms with Crippen LogP contribution in [0.3, 0.4) is 0 Å². The molecule has 0 aliphatic carbocycles. The minimum absolute atomic E-state index is 0.0575. The van der Waals surface area contributed by atoms with Crippen LogP contribution in [0.25, 0.3) is 0 Å². The van der Waals surface area contributed by atoms with E-state index >= 15 is 0 Å². The summed E-state index contributed by atoms with van der Waals surface area (Å²) in [6.07, 6.45) is 79.1. The zero-order chi connectivity index (χ0) is 50.6. The fourth-order valence-corrected chi connectivity index (χ4v) is 9.94. The maximum atomic E-state index is 12.3. The molecule has 0 aromatic carbocycles. The van der Waals surface area contributed by atoms with E-state index in [1.54, 1.807) is 0 Å². The van der Waals surface area contributed by atoms with Crippen LogP contribution in [0.5, 0.6) is 0 Å². The first-order valence-electron chi connectivity index (χ1n) is 31.9. The highest BCUT2D eigenvalue weighted by atomic mass is 16.6. The second-order valence-electron chi connectivity index (χ2n) is 21.9. The average Bonchev–Trinajstić information content (AvgIpc) is 3.36. The van der Waals surface area contributed by atoms with E-state index in [9.17, 15) is 14.7 Å². The Morgan fingerprint density at radius 3 is 0.843 bits per heavy atom. The lowest BCUT2D eigenvalue weighted by atomic mass is 10.0. The molecular formula is C65H124O5. The van der Waals surface area contributed by atoms with Crippen molar-refractivity contribution in [1.29, 1.82) is 0 Å². The number of hydrogen-bond donors (Lipinski definition) is 1. The molecule has 0 fully saturated rings. The van der Waals surface area contributed by atoms with Gasteiger partial charge in [-0.3, -0.25) is 9.59 Å². The van der Waals surface area contributed by atoms with E-state index in [1.807, 2.05) is 0 Å². The van der Waals surface area contributed by atoms with Crippen molar-refractivity contribution in [2.75, 3.05) is 13.2 Å². The molecule has 0 aromatic heterocycles. The third kappa shape index (κ3) is 58.9. The fraction of sp³-hybridized carbons (Fsp3) is 0.908. The number of carbonyl (C=O) groups is 2. The van der Waals surface area contributed by atoms with E-state index in [0.717, 1.165) is 38.5 Å². The summed E-state index contributed by atoms with van der Waals surface area (Å²) < 4.78 is 10.7. The van der Waals surface area contributed by atoms with Gasteiger partial charge < -0.3 is 14.6 Å². The Hall–Kier alpha value is -1.62. The fourth-order valence-electron chi connectivity index (χ4n) is 9.94. The second-order valence-corrected chi connectivity index (χ2v) is 21.9. The van der Waals surface area contributed by atoms with Gasteiger partial charge in [-0.15, -0.1) is 0 Å². The van der Waals surface area contributed by atoms with Crippen LogP contribution >= 0.6 is 0 Å². The molecule has 1 unspecified atom stereocenters. The number of rotatable bonds is 60. The van der Waals surface area contributed by atoms with Crippen molar-refractivity contribution in [1.82, 2.24) is 0 Å². The summed E-state index contributed by atoms with van der Waals surface area (Å²) >= 11 is 0. The predicted octanol–water partition coefficient (Wildman–Crippen LogP) is 21.7. The van der Waals surface area contributed by atoms with Crippen molar-refractivity contribution in [3.63, 3.8) is 0 Å². The van der Waals surface area contributed by atoms with Gasteiger partial charge in [0.25, 0.3) is 0 Å². The third-order valence-electron chi connectivity index (χ3n) is 14.7. The normalized spacial score (nSPS) is 12.2. The Bertz CT molecular complexity index is 1070. The summed E-state index contributed by atoms with van der Waals surface area (Å²) in [6.45, 7) is 4.19. The largest absolute Gasteiger partial charge is 0.462 e. The third-order valence-corrected chi connectivity index (χ3v) is 14.7. The van der Waals surface area contributed by atoms with E-state index in [4.69, 9.17) is 9.47 Å². The summed E-state index contributed by atoms with van der Waals surface area (Å²) in [5, 5.41) is 9.67. The molecule has 5 heteroatoms. The monoisotopic (exact) mass is 985 g/mol. The Morgan fingerprint density at radius 1 is 0.329 bits per heavy atom. The van der Waals surface area contributed by atoms with E-state index in [1.165, 1.54) is 295 Å². The molecule has 1 atom stereocenters. The van der Waals surface area contributed by atoms with Crippen LogP contribution in [0, 0.1) is 0 Å². The summed E-state index contributed by atoms with van der Waals surface area (Å²) in [6, 6.07) is 0. The molecule has 0 bridgehead atoms. The molecule has 70 heavy (non-hydrogen) atoms. The highest BCUT2D eigenvalue weighted by molar-refractivity contribution is 5.70. The van der Waals surface area contributed by atoms with Crippen LogP contribution in [0.2, 0.25) is 0 Å². The van der Waals surface area contributed by atoms with Crippen molar-refractivity contribution in [2.45, 2.75) is 367 Å². The van der Waals surface area contributed by atoms with Gasteiger partial charge in [0.05, 0.1) is 6.61 Å². The first kappa shape index (κ1) is 68.4. The molecular weight excluding hydrogens is 861 g/mol. The number of unbranched alkanes of at least 4 members (excludes halogenated alkanes) is 48. The van der Waals surface area contributed by atoms with Gasteiger partial charge in [0.15, 0.2) is 6.10 Å². The first-order valence-corrected chi connectivity index (χ1v) is 31.9. The average molecular weight is 986 g/mol. The van der Waals surface area contributed by atoms with Crippen molar-refractivity contribution >= 4 is 11.9 Å². The molecule has 0 heterocycles. The van der Waals surface area contributed by atoms with Gasteiger partial charge in [-0.1, -0.05) is 327 Å². The Morgan fingerprint density at radius 2 is 0.571 bits per heavy atom. The van der Waals surface area contributed by atoms with Crippen LogP contribution < -0.4 is 0 Å². The van der Waals surface area contributed by atoms with Gasteiger partial charge in [-0.05, 0) is 44.9 Å². The summed E-state index contributed by atoms with van der Waals surface area (Å²) in [5.41, 5.74) is 0. The molecule has 0 radical (unpaired) electrons. The van der Waals surface area contributed by atoms with Crippen molar-refractivity contribution in [3.8, 4) is 0 Å². The number of hydrogen-bond acceptors (Lipinski definition) is 5. The topological polar surface area (TPSA) is 72.8 Å². The number of ether oxygens (including phenoxy) is 2. The quantitative estimate of drug-likeness (QED) is 0.0373. The number of allylic oxidation sites excluding steroid dienone is 4. The molecule has 0 saturated heterocycles. The highest BCUT2D eigenvalue weighted by Gasteiger charge is 2.16. The lowest BCUT2D eigenvalue weighted by Gasteiger charge is -2.15. The van der Waals surface area contributed by atoms with E-state index < -0.39 is 6.10 Å². The molecule has 0 spiro atoms. The molecule has 0 rings (SSSR count). The first-order chi connectivity index (χ1) is 34.6. The number of aliphatic hydroxyl groups is 1. The zero-order valence-corrected chi connectivity index (χ0v) is 47.6. The molecule has 1 N–H and O–H groups in total. The van der Waals surface area contributed by atoms with E-state index in [-0.39, 0.29) is 25.2 Å². The summed E-state index contributed by atoms with van der Waals surface area (Å²) in [5.74, 6) is -0.565.